The standard InChI is InChI=1S/C28H18BrCl2NO2/c1-17-7-11-25(23(29)13-17)32-26(18-5-3-2-4-6-18)15-19(28(32)33)14-21-9-12-27(34-21)22-16-20(30)8-10-24(22)31/h2-16H,1H3/b19-14+. The first-order chi connectivity index (χ1) is 16.4. The number of nitrogens with zero attached hydrogens (tertiary/aromatic N) is 1. The number of carbonyl (C=O) groups excluding carboxylic acids is 1. The molecule has 0 N–H and O–H groups in total. The molecule has 34 heavy (non-hydrogen) atoms. The lowest BCUT2D eigenvalue weighted by molar-refractivity contribution is -0.113. The molecule has 6 heteroatoms. The summed E-state index contributed by atoms with van der Waals surface area (Å²) in [6, 6.07) is 24.6. The van der Waals surface area contributed by atoms with Gasteiger partial charge in [0.15, 0.2) is 0 Å². The molecule has 0 unspecified atom stereocenters. The van der Waals surface area contributed by atoms with Crippen LogP contribution in [-0.2, 0) is 4.79 Å². The Labute approximate surface area is 216 Å². The molecule has 4 aromatic rings. The number of rotatable bonds is 4. The van der Waals surface area contributed by atoms with E-state index >= 15 is 0 Å². The smallest absolute Gasteiger partial charge is 0.263 e. The summed E-state index contributed by atoms with van der Waals surface area (Å²) in [6.07, 6.45) is 3.63. The van der Waals surface area contributed by atoms with Crippen LogP contribution < -0.4 is 4.90 Å². The highest BCUT2D eigenvalue weighted by atomic mass is 79.9. The van der Waals surface area contributed by atoms with Crippen LogP contribution in [0.1, 0.15) is 16.9 Å². The van der Waals surface area contributed by atoms with Crippen LogP contribution in [0.5, 0.6) is 0 Å². The second kappa shape index (κ2) is 9.30. The minimum Gasteiger partial charge on any atom is -0.457 e. The van der Waals surface area contributed by atoms with Crippen molar-refractivity contribution in [3.05, 3.63) is 122 Å². The molecule has 0 aliphatic carbocycles. The summed E-state index contributed by atoms with van der Waals surface area (Å²) in [5.41, 5.74) is 4.83. The summed E-state index contributed by atoms with van der Waals surface area (Å²) >= 11 is 16.1. The van der Waals surface area contributed by atoms with Crippen molar-refractivity contribution in [3.8, 4) is 11.3 Å². The fourth-order valence-corrected chi connectivity index (χ4v) is 4.94. The van der Waals surface area contributed by atoms with Gasteiger partial charge in [-0.05, 0) is 88.6 Å². The Morgan fingerprint density at radius 2 is 1.74 bits per heavy atom. The van der Waals surface area contributed by atoms with E-state index in [9.17, 15) is 4.79 Å². The lowest BCUT2D eigenvalue weighted by atomic mass is 10.1. The van der Waals surface area contributed by atoms with Gasteiger partial charge in [0.05, 0.1) is 16.4 Å². The number of carbonyl (C=O) groups is 1. The van der Waals surface area contributed by atoms with Crippen LogP contribution in [0.2, 0.25) is 10.0 Å². The largest absolute Gasteiger partial charge is 0.457 e. The molecule has 168 valence electrons. The third-order valence-corrected chi connectivity index (χ3v) is 6.72. The Hall–Kier alpha value is -3.05. The minimum atomic E-state index is -0.137. The van der Waals surface area contributed by atoms with Crippen LogP contribution in [0, 0.1) is 6.92 Å². The number of hydrogen-bond acceptors (Lipinski definition) is 2. The van der Waals surface area contributed by atoms with Crippen LogP contribution in [0.15, 0.2) is 99.4 Å². The van der Waals surface area contributed by atoms with Crippen LogP contribution in [0.4, 0.5) is 5.69 Å². The summed E-state index contributed by atoms with van der Waals surface area (Å²) < 4.78 is 6.86. The number of furan rings is 1. The molecule has 0 saturated carbocycles. The van der Waals surface area contributed by atoms with Gasteiger partial charge in [0.1, 0.15) is 11.5 Å². The van der Waals surface area contributed by atoms with E-state index < -0.39 is 0 Å². The lowest BCUT2D eigenvalue weighted by Gasteiger charge is -2.22. The molecule has 0 fully saturated rings. The quantitative estimate of drug-likeness (QED) is 0.238. The highest BCUT2D eigenvalue weighted by molar-refractivity contribution is 9.10. The molecule has 0 saturated heterocycles. The normalized spacial score (nSPS) is 14.7. The van der Waals surface area contributed by atoms with Gasteiger partial charge in [-0.3, -0.25) is 9.69 Å². The van der Waals surface area contributed by atoms with Crippen molar-refractivity contribution < 1.29 is 9.21 Å². The Kier molecular flexibility index (Phi) is 6.22. The fourth-order valence-electron chi connectivity index (χ4n) is 3.88. The second-order valence-electron chi connectivity index (χ2n) is 7.92. The maximum Gasteiger partial charge on any atom is 0.263 e. The zero-order chi connectivity index (χ0) is 23.8. The number of amides is 1. The minimum absolute atomic E-state index is 0.137. The van der Waals surface area contributed by atoms with E-state index in [4.69, 9.17) is 27.6 Å². The second-order valence-corrected chi connectivity index (χ2v) is 9.61. The van der Waals surface area contributed by atoms with Crippen molar-refractivity contribution in [2.75, 3.05) is 4.90 Å². The van der Waals surface area contributed by atoms with E-state index in [2.05, 4.69) is 15.9 Å². The van der Waals surface area contributed by atoms with E-state index in [0.717, 1.165) is 27.0 Å². The Bertz CT molecular complexity index is 1470. The summed E-state index contributed by atoms with van der Waals surface area (Å²) in [4.78, 5) is 15.3. The van der Waals surface area contributed by atoms with Crippen LogP contribution in [0.3, 0.4) is 0 Å². The molecule has 1 aliphatic heterocycles. The summed E-state index contributed by atoms with van der Waals surface area (Å²) in [5, 5.41) is 1.10. The van der Waals surface area contributed by atoms with Crippen molar-refractivity contribution in [1.82, 2.24) is 0 Å². The van der Waals surface area contributed by atoms with Crippen molar-refractivity contribution in [2.45, 2.75) is 6.92 Å². The van der Waals surface area contributed by atoms with E-state index in [-0.39, 0.29) is 5.91 Å². The zero-order valence-electron chi connectivity index (χ0n) is 18.1. The molecule has 1 aromatic heterocycles. The summed E-state index contributed by atoms with van der Waals surface area (Å²) in [5.74, 6) is 0.986. The van der Waals surface area contributed by atoms with Gasteiger partial charge >= 0.3 is 0 Å². The van der Waals surface area contributed by atoms with Gasteiger partial charge < -0.3 is 4.42 Å². The molecule has 5 rings (SSSR count). The average molecular weight is 551 g/mol. The van der Waals surface area contributed by atoms with Gasteiger partial charge in [0.25, 0.3) is 5.91 Å². The van der Waals surface area contributed by atoms with Crippen molar-refractivity contribution >= 4 is 62.5 Å². The maximum absolute atomic E-state index is 13.6. The molecule has 0 atom stereocenters. The third-order valence-electron chi connectivity index (χ3n) is 5.52. The first kappa shape index (κ1) is 22.7. The highest BCUT2D eigenvalue weighted by Gasteiger charge is 2.31. The van der Waals surface area contributed by atoms with Crippen molar-refractivity contribution in [2.24, 2.45) is 0 Å². The Balaban J connectivity index is 1.57. The topological polar surface area (TPSA) is 33.5 Å². The van der Waals surface area contributed by atoms with Gasteiger partial charge in [0, 0.05) is 20.6 Å². The van der Waals surface area contributed by atoms with Crippen molar-refractivity contribution in [1.29, 1.82) is 0 Å². The maximum atomic E-state index is 13.6. The number of hydrogen-bond donors (Lipinski definition) is 0. The van der Waals surface area contributed by atoms with Crippen LogP contribution >= 0.6 is 39.1 Å². The molecular formula is C28H18BrCl2NO2. The molecular weight excluding hydrogens is 533 g/mol. The predicted octanol–water partition coefficient (Wildman–Crippen LogP) is 8.80. The average Bonchev–Trinajstić information content (AvgIpc) is 3.41. The highest BCUT2D eigenvalue weighted by Crippen LogP contribution is 2.39. The van der Waals surface area contributed by atoms with E-state index in [1.165, 1.54) is 0 Å². The lowest BCUT2D eigenvalue weighted by Crippen LogP contribution is -2.25. The van der Waals surface area contributed by atoms with Gasteiger partial charge in [-0.1, -0.05) is 59.6 Å². The van der Waals surface area contributed by atoms with Crippen LogP contribution in [-0.4, -0.2) is 5.91 Å². The molecule has 0 spiro atoms. The summed E-state index contributed by atoms with van der Waals surface area (Å²) in [6.45, 7) is 2.01. The van der Waals surface area contributed by atoms with Gasteiger partial charge in [-0.2, -0.15) is 0 Å². The number of anilines is 1. The third kappa shape index (κ3) is 4.37. The molecule has 0 radical (unpaired) electrons. The summed E-state index contributed by atoms with van der Waals surface area (Å²) in [7, 11) is 0. The molecule has 2 heterocycles. The monoisotopic (exact) mass is 549 g/mol. The first-order valence-corrected chi connectivity index (χ1v) is 12.1. The van der Waals surface area contributed by atoms with Gasteiger partial charge in [-0.25, -0.2) is 0 Å². The van der Waals surface area contributed by atoms with Gasteiger partial charge in [0.2, 0.25) is 0 Å². The van der Waals surface area contributed by atoms with E-state index in [1.54, 1.807) is 29.2 Å². The molecule has 3 aromatic carbocycles. The molecule has 1 aliphatic rings. The fraction of sp³-hybridized carbons (Fsp3) is 0.0357. The number of benzene rings is 3. The number of aryl methyl sites for hydroxylation is 1. The van der Waals surface area contributed by atoms with E-state index in [0.29, 0.717) is 32.7 Å². The van der Waals surface area contributed by atoms with E-state index in [1.807, 2.05) is 73.7 Å². The number of halogens is 3. The predicted molar refractivity (Wildman–Crippen MR) is 143 cm³/mol. The first-order valence-electron chi connectivity index (χ1n) is 10.6. The SMILES string of the molecule is Cc1ccc(N2C(=O)/C(=C/c3ccc(-c4cc(Cl)ccc4Cl)o3)C=C2c2ccccc2)c(Br)c1. The molecule has 3 nitrogen and oxygen atoms in total. The zero-order valence-corrected chi connectivity index (χ0v) is 21.2. The van der Waals surface area contributed by atoms with Gasteiger partial charge in [-0.15, -0.1) is 0 Å². The molecule has 1 amide bonds. The van der Waals surface area contributed by atoms with Crippen LogP contribution in [0.25, 0.3) is 23.1 Å². The Morgan fingerprint density at radius 1 is 0.941 bits per heavy atom. The molecule has 0 bridgehead atoms. The Morgan fingerprint density at radius 3 is 2.50 bits per heavy atom. The van der Waals surface area contributed by atoms with Crippen molar-refractivity contribution in [3.63, 3.8) is 0 Å².